The van der Waals surface area contributed by atoms with Crippen LogP contribution in [-0.2, 0) is 7.05 Å². The van der Waals surface area contributed by atoms with Gasteiger partial charge in [-0.3, -0.25) is 9.78 Å². The van der Waals surface area contributed by atoms with Crippen molar-refractivity contribution in [1.29, 1.82) is 0 Å². The smallest absolute Gasteiger partial charge is 0.259 e. The Kier molecular flexibility index (Phi) is 5.21. The van der Waals surface area contributed by atoms with Gasteiger partial charge in [0.2, 0.25) is 0 Å². The van der Waals surface area contributed by atoms with Crippen LogP contribution in [0.1, 0.15) is 16.2 Å². The Morgan fingerprint density at radius 1 is 0.968 bits per heavy atom. The van der Waals surface area contributed by atoms with E-state index in [1.807, 2.05) is 24.6 Å². The molecule has 0 spiro atoms. The molecule has 0 atom stereocenters. The minimum Gasteiger partial charge on any atom is -0.331 e. The number of imidazole rings is 1. The van der Waals surface area contributed by atoms with Gasteiger partial charge in [0.15, 0.2) is 0 Å². The SMILES string of the molecule is [B]c1c([B])c([B])c(C(=O)Nc2cc3cc(-c4cnc(C)n4C)cnc3cn2)c(F)c1[B]. The van der Waals surface area contributed by atoms with E-state index in [1.165, 1.54) is 6.20 Å². The molecule has 1 N–H and O–H groups in total. The Morgan fingerprint density at radius 3 is 2.35 bits per heavy atom. The van der Waals surface area contributed by atoms with Crippen LogP contribution < -0.4 is 27.2 Å². The van der Waals surface area contributed by atoms with Gasteiger partial charge in [0, 0.05) is 24.2 Å². The van der Waals surface area contributed by atoms with Crippen molar-refractivity contribution >= 4 is 75.9 Å². The third kappa shape index (κ3) is 3.54. The monoisotopic (exact) mass is 401 g/mol. The first-order valence-corrected chi connectivity index (χ1v) is 9.16. The van der Waals surface area contributed by atoms with E-state index in [1.54, 1.807) is 18.5 Å². The second-order valence-electron chi connectivity index (χ2n) is 7.03. The fraction of sp³-hybridized carbons (Fsp3) is 0.100. The number of pyridine rings is 2. The van der Waals surface area contributed by atoms with Gasteiger partial charge in [0.25, 0.3) is 5.91 Å². The summed E-state index contributed by atoms with van der Waals surface area (Å²) >= 11 is 0. The van der Waals surface area contributed by atoms with Gasteiger partial charge in [0.05, 0.1) is 29.2 Å². The van der Waals surface area contributed by atoms with Crippen LogP contribution in [0.2, 0.25) is 0 Å². The van der Waals surface area contributed by atoms with Gasteiger partial charge in [-0.2, -0.15) is 0 Å². The van der Waals surface area contributed by atoms with E-state index >= 15 is 0 Å². The summed E-state index contributed by atoms with van der Waals surface area (Å²) in [7, 11) is 24.7. The Morgan fingerprint density at radius 2 is 1.68 bits per heavy atom. The molecule has 0 unspecified atom stereocenters. The lowest BCUT2D eigenvalue weighted by Gasteiger charge is -2.17. The molecule has 142 valence electrons. The van der Waals surface area contributed by atoms with E-state index in [4.69, 9.17) is 31.4 Å². The summed E-state index contributed by atoms with van der Waals surface area (Å²) in [6.07, 6.45) is 4.97. The highest BCUT2D eigenvalue weighted by molar-refractivity contribution is 6.63. The highest BCUT2D eigenvalue weighted by Crippen LogP contribution is 2.24. The van der Waals surface area contributed by atoms with Crippen molar-refractivity contribution in [2.45, 2.75) is 6.92 Å². The van der Waals surface area contributed by atoms with Crippen molar-refractivity contribution < 1.29 is 9.18 Å². The minimum absolute atomic E-state index is 0.157. The number of halogens is 1. The van der Waals surface area contributed by atoms with Crippen molar-refractivity contribution in [2.75, 3.05) is 5.32 Å². The van der Waals surface area contributed by atoms with Crippen LogP contribution in [0, 0.1) is 12.7 Å². The summed E-state index contributed by atoms with van der Waals surface area (Å²) in [4.78, 5) is 25.5. The lowest BCUT2D eigenvalue weighted by molar-refractivity contribution is 0.102. The molecule has 0 fully saturated rings. The molecule has 6 nitrogen and oxygen atoms in total. The minimum atomic E-state index is -1.04. The number of carbonyl (C=O) groups excluding carboxylic acids is 1. The van der Waals surface area contributed by atoms with Gasteiger partial charge in [-0.15, -0.1) is 10.9 Å². The summed E-state index contributed by atoms with van der Waals surface area (Å²) in [5, 5.41) is 3.23. The van der Waals surface area contributed by atoms with Crippen molar-refractivity contribution in [1.82, 2.24) is 19.5 Å². The molecule has 8 radical (unpaired) electrons. The number of carbonyl (C=O) groups is 1. The third-order valence-corrected chi connectivity index (χ3v) is 5.15. The van der Waals surface area contributed by atoms with Gasteiger partial charge < -0.3 is 9.88 Å². The molecular weight excluding hydrogens is 389 g/mol. The van der Waals surface area contributed by atoms with E-state index in [2.05, 4.69) is 20.3 Å². The molecule has 0 aliphatic rings. The zero-order chi connectivity index (χ0) is 22.4. The Balaban J connectivity index is 1.71. The lowest BCUT2D eigenvalue weighted by Crippen LogP contribution is -2.52. The van der Waals surface area contributed by atoms with Crippen LogP contribution in [0.15, 0.2) is 30.7 Å². The van der Waals surface area contributed by atoms with Gasteiger partial charge in [-0.25, -0.2) is 14.4 Å². The number of amides is 1. The average molecular weight is 401 g/mol. The Bertz CT molecular complexity index is 1340. The first kappa shape index (κ1) is 20.9. The fourth-order valence-corrected chi connectivity index (χ4v) is 3.21. The van der Waals surface area contributed by atoms with E-state index in [9.17, 15) is 9.18 Å². The second-order valence-corrected chi connectivity index (χ2v) is 7.03. The molecule has 4 aromatic rings. The maximum Gasteiger partial charge on any atom is 0.259 e. The number of nitrogens with zero attached hydrogens (tertiary/aromatic N) is 4. The maximum atomic E-state index is 14.5. The average Bonchev–Trinajstić information content (AvgIpc) is 3.09. The van der Waals surface area contributed by atoms with Gasteiger partial charge in [-0.05, 0) is 19.1 Å². The van der Waals surface area contributed by atoms with Crippen LogP contribution in [0.25, 0.3) is 22.2 Å². The molecule has 1 aromatic carbocycles. The molecule has 1 amide bonds. The van der Waals surface area contributed by atoms with Crippen molar-refractivity contribution in [3.63, 3.8) is 0 Å². The topological polar surface area (TPSA) is 72.7 Å². The number of aromatic nitrogens is 4. The van der Waals surface area contributed by atoms with Crippen molar-refractivity contribution in [3.8, 4) is 11.3 Å². The molecule has 0 aliphatic heterocycles. The molecule has 31 heavy (non-hydrogen) atoms. The van der Waals surface area contributed by atoms with Crippen molar-refractivity contribution in [3.05, 3.63) is 47.9 Å². The first-order valence-electron chi connectivity index (χ1n) is 9.16. The predicted molar refractivity (Wildman–Crippen MR) is 122 cm³/mol. The van der Waals surface area contributed by atoms with Crippen molar-refractivity contribution in [2.24, 2.45) is 7.05 Å². The molecule has 3 aromatic heterocycles. The zero-order valence-electron chi connectivity index (χ0n) is 16.8. The Hall–Kier alpha value is -3.35. The largest absolute Gasteiger partial charge is 0.331 e. The molecule has 0 aliphatic carbocycles. The van der Waals surface area contributed by atoms with E-state index in [0.717, 1.165) is 17.1 Å². The second kappa shape index (κ2) is 7.72. The zero-order valence-corrected chi connectivity index (χ0v) is 16.8. The first-order chi connectivity index (χ1) is 14.7. The van der Waals surface area contributed by atoms with Crippen LogP contribution >= 0.6 is 0 Å². The molecule has 4 rings (SSSR count). The molecule has 3 heterocycles. The predicted octanol–water partition coefficient (Wildman–Crippen LogP) is -1.09. The lowest BCUT2D eigenvalue weighted by atomic mass is 9.65. The summed E-state index contributed by atoms with van der Waals surface area (Å²) in [5.41, 5.74) is 0.748. The maximum absolute atomic E-state index is 14.5. The summed E-state index contributed by atoms with van der Waals surface area (Å²) in [6.45, 7) is 1.90. The molecule has 0 bridgehead atoms. The number of anilines is 1. The van der Waals surface area contributed by atoms with E-state index in [-0.39, 0.29) is 22.2 Å². The standard InChI is InChI=1S/C20H12B4FN5O/c1-8-26-7-12(30(8)2)10-3-9-4-13(28-6-11(9)27-5-10)29-20(31)14-15(21)16(22)17(23)18(24)19(14)25/h3-7H,1-2H3,(H,28,29,31). The number of fused-ring (bicyclic) bond motifs is 1. The number of hydrogen-bond donors (Lipinski definition) is 1. The Labute approximate surface area is 183 Å². The quantitative estimate of drug-likeness (QED) is 0.444. The van der Waals surface area contributed by atoms with E-state index < -0.39 is 22.8 Å². The highest BCUT2D eigenvalue weighted by Gasteiger charge is 2.20. The van der Waals surface area contributed by atoms with Crippen LogP contribution in [0.3, 0.4) is 0 Å². The van der Waals surface area contributed by atoms with Crippen LogP contribution in [0.5, 0.6) is 0 Å². The number of aryl methyl sites for hydroxylation is 1. The van der Waals surface area contributed by atoms with Gasteiger partial charge in [0.1, 0.15) is 48.8 Å². The number of hydrogen-bond acceptors (Lipinski definition) is 4. The summed E-state index contributed by atoms with van der Waals surface area (Å²) < 4.78 is 16.5. The number of nitrogens with one attached hydrogen (secondary N) is 1. The van der Waals surface area contributed by atoms with Gasteiger partial charge in [-0.1, -0.05) is 10.9 Å². The highest BCUT2D eigenvalue weighted by atomic mass is 19.1. The number of benzene rings is 1. The number of rotatable bonds is 3. The normalized spacial score (nSPS) is 11.1. The van der Waals surface area contributed by atoms with E-state index in [0.29, 0.717) is 10.9 Å². The molecule has 11 heteroatoms. The molecule has 0 saturated carbocycles. The molecular formula is C20H12B4FN5O. The van der Waals surface area contributed by atoms with Gasteiger partial charge >= 0.3 is 0 Å². The molecule has 0 saturated heterocycles. The fourth-order valence-electron chi connectivity index (χ4n) is 3.21. The van der Waals surface area contributed by atoms with Crippen LogP contribution in [0.4, 0.5) is 10.2 Å². The van der Waals surface area contributed by atoms with Crippen LogP contribution in [-0.4, -0.2) is 56.8 Å². The summed E-state index contributed by atoms with van der Waals surface area (Å²) in [5.74, 6) is -0.866. The summed E-state index contributed by atoms with van der Waals surface area (Å²) in [6, 6.07) is 3.51. The third-order valence-electron chi connectivity index (χ3n) is 5.15.